The third-order valence-corrected chi connectivity index (χ3v) is 19.3. The van der Waals surface area contributed by atoms with Crippen LogP contribution in [0.25, 0.3) is 76.2 Å². The topological polar surface area (TPSA) is 141 Å². The molecule has 74 heavy (non-hydrogen) atoms. The van der Waals surface area contributed by atoms with Gasteiger partial charge in [0.2, 0.25) is 5.76 Å². The Balaban J connectivity index is 0.905. The van der Waals surface area contributed by atoms with Gasteiger partial charge in [0.1, 0.15) is 38.2 Å². The Hall–Kier alpha value is -7.42. The molecule has 0 fully saturated rings. The number of ether oxygens (including phenoxy) is 6. The Bertz CT molecular complexity index is 3650. The fourth-order valence-electron chi connectivity index (χ4n) is 8.61. The van der Waals surface area contributed by atoms with Crippen molar-refractivity contribution in [3.63, 3.8) is 0 Å². The molecule has 2 aliphatic rings. The zero-order valence-corrected chi connectivity index (χ0v) is 44.2. The first-order chi connectivity index (χ1) is 36.3. The third-order valence-electron chi connectivity index (χ3n) is 12.0. The lowest BCUT2D eigenvalue weighted by atomic mass is 10.1. The molecule has 370 valence electrons. The number of nitriles is 1. The largest absolute Gasteiger partial charge is 0.494 e. The highest BCUT2D eigenvalue weighted by Gasteiger charge is 2.30. The molecule has 2 aliphatic heterocycles. The van der Waals surface area contributed by atoms with Gasteiger partial charge in [-0.25, -0.2) is 4.85 Å². The normalized spacial score (nSPS) is 13.2. The van der Waals surface area contributed by atoms with E-state index in [4.69, 9.17) is 35.0 Å². The van der Waals surface area contributed by atoms with Gasteiger partial charge in [-0.3, -0.25) is 9.59 Å². The van der Waals surface area contributed by atoms with Crippen LogP contribution in [0.1, 0.15) is 42.4 Å². The maximum absolute atomic E-state index is 11.5. The van der Waals surface area contributed by atoms with Crippen molar-refractivity contribution in [1.29, 1.82) is 5.26 Å². The van der Waals surface area contributed by atoms with Crippen LogP contribution in [0.3, 0.4) is 0 Å². The van der Waals surface area contributed by atoms with E-state index in [1.54, 1.807) is 51.4 Å². The van der Waals surface area contributed by atoms with E-state index >= 15 is 0 Å². The summed E-state index contributed by atoms with van der Waals surface area (Å²) in [5, 5.41) is 18.7. The molecule has 6 aromatic heterocycles. The molecule has 0 saturated heterocycles. The van der Waals surface area contributed by atoms with Crippen LogP contribution in [0.4, 0.5) is 17.1 Å². The summed E-state index contributed by atoms with van der Waals surface area (Å²) in [6, 6.07) is 35.3. The number of anilines is 3. The number of carboxylic acids is 1. The van der Waals surface area contributed by atoms with E-state index in [1.165, 1.54) is 41.6 Å². The van der Waals surface area contributed by atoms with Gasteiger partial charge in [0.05, 0.1) is 42.4 Å². The molecule has 8 heterocycles. The Morgan fingerprint density at radius 1 is 0.662 bits per heavy atom. The standard InChI is InChI=1S/C56H41N3O9S6/c1-3-4-5-6-19-63-37-17-15-36(16-18-37)59(34-11-7-32(8-12-34)52-48-50(66-22-20-64-48)54(73-52)46-28-44-42(71-46)26-39(69-44)24-38(30-57)68-31-60)35-13-9-33(10-14-35)53-49-51(67-23-21-65-49)55(74-53)47-29-45-43(72-47)27-40(70-45)25-41(58-2)56(61)62/h7-18,24-29,31H,3-6,19-23H2,1H3,(H,61,62)/b38-24+,41-25-. The van der Waals surface area contributed by atoms with E-state index in [2.05, 4.69) is 89.5 Å². The Kier molecular flexibility index (Phi) is 14.2. The molecule has 0 aliphatic carbocycles. The summed E-state index contributed by atoms with van der Waals surface area (Å²) in [6.07, 6.45) is 7.52. The summed E-state index contributed by atoms with van der Waals surface area (Å²) in [6.45, 7) is 12.1. The summed E-state index contributed by atoms with van der Waals surface area (Å²) < 4.78 is 40.3. The number of carboxylic acid groups (broad SMARTS) is 1. The van der Waals surface area contributed by atoms with Crippen LogP contribution >= 0.6 is 68.0 Å². The lowest BCUT2D eigenvalue weighted by molar-refractivity contribution is -0.132. The molecule has 0 unspecified atom stereocenters. The van der Waals surface area contributed by atoms with Crippen molar-refractivity contribution in [2.45, 2.75) is 32.6 Å². The van der Waals surface area contributed by atoms with E-state index < -0.39 is 5.97 Å². The van der Waals surface area contributed by atoms with Gasteiger partial charge in [-0.05, 0) is 96.4 Å². The fraction of sp³-hybridized carbons (Fsp3) is 0.179. The first-order valence-electron chi connectivity index (χ1n) is 23.5. The van der Waals surface area contributed by atoms with Crippen molar-refractivity contribution in [2.24, 2.45) is 0 Å². The second-order valence-corrected chi connectivity index (χ2v) is 23.3. The molecule has 0 amide bonds. The number of allylic oxidation sites excluding steroid dienone is 1. The highest BCUT2D eigenvalue weighted by Crippen LogP contribution is 2.58. The van der Waals surface area contributed by atoms with Crippen LogP contribution in [0, 0.1) is 17.9 Å². The molecule has 3 aromatic carbocycles. The molecule has 9 aromatic rings. The van der Waals surface area contributed by atoms with Crippen molar-refractivity contribution < 1.29 is 43.1 Å². The molecule has 0 saturated carbocycles. The zero-order valence-electron chi connectivity index (χ0n) is 39.3. The van der Waals surface area contributed by atoms with Crippen molar-refractivity contribution in [3.8, 4) is 75.2 Å². The number of carbonyl (C=O) groups is 2. The number of unbranched alkanes of at least 4 members (excludes halogenated alkanes) is 3. The summed E-state index contributed by atoms with van der Waals surface area (Å²) in [5.74, 6) is 2.43. The summed E-state index contributed by atoms with van der Waals surface area (Å²) in [7, 11) is 0. The number of hydrogen-bond acceptors (Lipinski definition) is 16. The van der Waals surface area contributed by atoms with Crippen molar-refractivity contribution >= 4 is 128 Å². The van der Waals surface area contributed by atoms with E-state index in [1.807, 2.05) is 30.3 Å². The van der Waals surface area contributed by atoms with Gasteiger partial charge in [-0.1, -0.05) is 50.5 Å². The molecule has 1 N–H and O–H groups in total. The summed E-state index contributed by atoms with van der Waals surface area (Å²) >= 11 is 9.46. The second-order valence-electron chi connectivity index (χ2n) is 16.8. The quantitative estimate of drug-likeness (QED) is 0.0219. The highest BCUT2D eigenvalue weighted by molar-refractivity contribution is 7.33. The van der Waals surface area contributed by atoms with Crippen LogP contribution in [-0.4, -0.2) is 50.6 Å². The van der Waals surface area contributed by atoms with Gasteiger partial charge in [0.25, 0.3) is 12.2 Å². The number of carbonyl (C=O) groups excluding carboxylic acids is 1. The minimum Gasteiger partial charge on any atom is -0.494 e. The van der Waals surface area contributed by atoms with Crippen molar-refractivity contribution in [2.75, 3.05) is 37.9 Å². The maximum atomic E-state index is 11.5. The van der Waals surface area contributed by atoms with Gasteiger partial charge in [-0.15, -0.1) is 68.0 Å². The molecule has 11 rings (SSSR count). The molecule has 0 bridgehead atoms. The first kappa shape index (κ1) is 48.8. The minimum atomic E-state index is -1.24. The van der Waals surface area contributed by atoms with Crippen LogP contribution in [0.2, 0.25) is 0 Å². The highest BCUT2D eigenvalue weighted by atomic mass is 32.1. The Labute approximate surface area is 449 Å². The van der Waals surface area contributed by atoms with Gasteiger partial charge >= 0.3 is 5.97 Å². The zero-order chi connectivity index (χ0) is 50.7. The fourth-order valence-corrected chi connectivity index (χ4v) is 15.9. The van der Waals surface area contributed by atoms with Crippen LogP contribution in [0.5, 0.6) is 28.7 Å². The Morgan fingerprint density at radius 2 is 1.14 bits per heavy atom. The molecule has 12 nitrogen and oxygen atoms in total. The number of rotatable bonds is 18. The SMILES string of the molecule is [C-]#[N+]/C(=C\c1cc2sc(-c3sc(-c4ccc(N(c5ccc(OCCCCCC)cc5)c5ccc(-c6sc(-c7cc8sc(/C=C(\C#N)OC=O)cc8s7)c7c6OCCO7)cc5)cc4)c4c3OCCO4)cc2s1)C(=O)O. The monoisotopic (exact) mass is 1090 g/mol. The maximum Gasteiger partial charge on any atom is 0.333 e. The molecule has 0 spiro atoms. The van der Waals surface area contributed by atoms with Gasteiger partial charge in [0.15, 0.2) is 23.0 Å². The molecule has 18 heteroatoms. The molecular weight excluding hydrogens is 1050 g/mol. The first-order valence-corrected chi connectivity index (χ1v) is 28.4. The predicted octanol–water partition coefficient (Wildman–Crippen LogP) is 16.4. The predicted molar refractivity (Wildman–Crippen MR) is 300 cm³/mol. The lowest BCUT2D eigenvalue weighted by Gasteiger charge is -2.26. The summed E-state index contributed by atoms with van der Waals surface area (Å²) in [4.78, 5) is 35.2. The second kappa shape index (κ2) is 21.6. The van der Waals surface area contributed by atoms with Crippen LogP contribution in [0.15, 0.2) is 109 Å². The van der Waals surface area contributed by atoms with E-state index in [0.717, 1.165) is 128 Å². The number of nitrogens with zero attached hydrogens (tertiary/aromatic N) is 3. The minimum absolute atomic E-state index is 0.0597. The van der Waals surface area contributed by atoms with Gasteiger partial charge in [0, 0.05) is 51.7 Å². The Morgan fingerprint density at radius 3 is 1.58 bits per heavy atom. The van der Waals surface area contributed by atoms with Gasteiger partial charge in [-0.2, -0.15) is 5.26 Å². The van der Waals surface area contributed by atoms with Crippen LogP contribution in [-0.2, 0) is 14.3 Å². The van der Waals surface area contributed by atoms with Crippen molar-refractivity contribution in [3.05, 3.63) is 130 Å². The van der Waals surface area contributed by atoms with Crippen molar-refractivity contribution in [1.82, 2.24) is 0 Å². The molecule has 0 atom stereocenters. The number of benzene rings is 3. The average molecular weight is 1090 g/mol. The third kappa shape index (κ3) is 9.88. The average Bonchev–Trinajstić information content (AvgIpc) is 4.29. The van der Waals surface area contributed by atoms with Crippen LogP contribution < -0.4 is 28.6 Å². The van der Waals surface area contributed by atoms with E-state index in [0.29, 0.717) is 33.0 Å². The lowest BCUT2D eigenvalue weighted by Crippen LogP contribution is -2.14. The number of fused-ring (bicyclic) bond motifs is 4. The van der Waals surface area contributed by atoms with Gasteiger partial charge < -0.3 is 38.4 Å². The number of thiophene rings is 6. The molecular formula is C56H41N3O9S6. The van der Waals surface area contributed by atoms with E-state index in [-0.39, 0.29) is 17.9 Å². The summed E-state index contributed by atoms with van der Waals surface area (Å²) in [5.41, 5.74) is 4.54. The number of hydrogen-bond donors (Lipinski definition) is 1. The van der Waals surface area contributed by atoms with E-state index in [9.17, 15) is 20.0 Å². The number of aliphatic carboxylic acids is 1. The smallest absolute Gasteiger partial charge is 0.333 e. The molecule has 0 radical (unpaired) electrons.